The van der Waals surface area contributed by atoms with Gasteiger partial charge in [0.15, 0.2) is 17.3 Å². The molecule has 0 fully saturated rings. The maximum atomic E-state index is 12.8. The number of aromatic nitrogens is 1. The largest absolute Gasteiger partial charge is 0.459 e. The molecule has 1 aliphatic heterocycles. The number of carbonyl (C=O) groups is 1. The molecule has 1 aromatic carbocycles. The van der Waals surface area contributed by atoms with Crippen LogP contribution in [0.2, 0.25) is 0 Å². The summed E-state index contributed by atoms with van der Waals surface area (Å²) in [5.41, 5.74) is 2.82. The van der Waals surface area contributed by atoms with Crippen LogP contribution in [-0.2, 0) is 6.42 Å². The molecule has 0 aliphatic carbocycles. The summed E-state index contributed by atoms with van der Waals surface area (Å²) in [5.74, 6) is 2.13. The third kappa shape index (κ3) is 4.42. The van der Waals surface area contributed by atoms with Gasteiger partial charge in [0.05, 0.1) is 12.3 Å². The van der Waals surface area contributed by atoms with Crippen molar-refractivity contribution in [1.29, 1.82) is 0 Å². The van der Waals surface area contributed by atoms with Crippen LogP contribution in [0.5, 0.6) is 11.5 Å². The molecule has 5 rings (SSSR count). The van der Waals surface area contributed by atoms with Crippen molar-refractivity contribution in [3.63, 3.8) is 0 Å². The summed E-state index contributed by atoms with van der Waals surface area (Å²) in [6, 6.07) is 16.9. The minimum Gasteiger partial charge on any atom is -0.459 e. The average molecular weight is 462 g/mol. The average Bonchev–Trinajstić information content (AvgIpc) is 3.58. The van der Waals surface area contributed by atoms with Gasteiger partial charge in [0.25, 0.3) is 5.91 Å². The van der Waals surface area contributed by atoms with E-state index in [9.17, 15) is 4.79 Å². The highest BCUT2D eigenvalue weighted by Crippen LogP contribution is 2.41. The number of aryl methyl sites for hydroxylation is 2. The Labute approximate surface area is 195 Å². The zero-order valence-electron chi connectivity index (χ0n) is 18.3. The molecule has 0 bridgehead atoms. The summed E-state index contributed by atoms with van der Waals surface area (Å²) in [4.78, 5) is 18.6. The standard InChI is InChI=1S/C25H23N3O4S/c1-3-17-13-18(25(33-17)28-24(29)20-7-5-11-30-20)23(27-22-8-4-6-15(2)26-22)16-9-10-19-21(12-16)32-14-31-19/h4-13,23H,3,14H2,1-2H3,(H,26,27)(H,28,29). The first-order valence-corrected chi connectivity index (χ1v) is 11.5. The topological polar surface area (TPSA) is 85.6 Å². The van der Waals surface area contributed by atoms with Gasteiger partial charge in [-0.25, -0.2) is 4.98 Å². The van der Waals surface area contributed by atoms with Crippen LogP contribution < -0.4 is 20.1 Å². The lowest BCUT2D eigenvalue weighted by molar-refractivity contribution is 0.0997. The summed E-state index contributed by atoms with van der Waals surface area (Å²) < 4.78 is 16.4. The molecule has 0 saturated heterocycles. The molecule has 1 aliphatic rings. The molecule has 7 nitrogen and oxygen atoms in total. The van der Waals surface area contributed by atoms with Gasteiger partial charge >= 0.3 is 0 Å². The minimum atomic E-state index is -0.288. The summed E-state index contributed by atoms with van der Waals surface area (Å²) in [6.45, 7) is 4.26. The third-order valence-corrected chi connectivity index (χ3v) is 6.56. The summed E-state index contributed by atoms with van der Waals surface area (Å²) in [5, 5.41) is 7.35. The van der Waals surface area contributed by atoms with E-state index in [-0.39, 0.29) is 24.5 Å². The molecule has 0 spiro atoms. The number of furan rings is 1. The van der Waals surface area contributed by atoms with Crippen molar-refractivity contribution < 1.29 is 18.7 Å². The van der Waals surface area contributed by atoms with Crippen molar-refractivity contribution >= 4 is 28.1 Å². The number of carbonyl (C=O) groups excluding carboxylic acids is 1. The monoisotopic (exact) mass is 461 g/mol. The first-order valence-electron chi connectivity index (χ1n) is 10.7. The van der Waals surface area contributed by atoms with Crippen LogP contribution in [-0.4, -0.2) is 17.7 Å². The van der Waals surface area contributed by atoms with Crippen LogP contribution >= 0.6 is 11.3 Å². The molecule has 2 N–H and O–H groups in total. The lowest BCUT2D eigenvalue weighted by Crippen LogP contribution is -2.17. The number of anilines is 2. The van der Waals surface area contributed by atoms with Gasteiger partial charge in [-0.15, -0.1) is 11.3 Å². The number of amides is 1. The summed E-state index contributed by atoms with van der Waals surface area (Å²) in [7, 11) is 0. The van der Waals surface area contributed by atoms with Gasteiger partial charge in [-0.1, -0.05) is 19.1 Å². The van der Waals surface area contributed by atoms with Gasteiger partial charge in [-0.3, -0.25) is 4.79 Å². The zero-order valence-corrected chi connectivity index (χ0v) is 19.1. The molecule has 1 atom stereocenters. The second-order valence-electron chi connectivity index (χ2n) is 7.64. The molecule has 4 heterocycles. The second kappa shape index (κ2) is 8.99. The van der Waals surface area contributed by atoms with Crippen molar-refractivity contribution in [1.82, 2.24) is 4.98 Å². The number of thiophene rings is 1. The maximum absolute atomic E-state index is 12.8. The number of nitrogens with zero attached hydrogens (tertiary/aromatic N) is 1. The van der Waals surface area contributed by atoms with E-state index in [1.165, 1.54) is 6.26 Å². The molecule has 1 unspecified atom stereocenters. The Morgan fingerprint density at radius 3 is 2.79 bits per heavy atom. The van der Waals surface area contributed by atoms with Crippen molar-refractivity contribution in [3.8, 4) is 11.5 Å². The molecule has 1 amide bonds. The van der Waals surface area contributed by atoms with Crippen molar-refractivity contribution in [2.45, 2.75) is 26.3 Å². The predicted octanol–water partition coefficient (Wildman–Crippen LogP) is 5.79. The highest BCUT2D eigenvalue weighted by Gasteiger charge is 2.25. The Hall–Kier alpha value is -3.78. The molecular weight excluding hydrogens is 438 g/mol. The zero-order chi connectivity index (χ0) is 22.8. The Bertz CT molecular complexity index is 1280. The Balaban J connectivity index is 1.57. The number of nitrogens with one attached hydrogen (secondary N) is 2. The number of ether oxygens (including phenoxy) is 2. The second-order valence-corrected chi connectivity index (χ2v) is 8.77. The SMILES string of the molecule is CCc1cc(C(Nc2cccc(C)n2)c2ccc3c(c2)OCO3)c(NC(=O)c2ccco2)s1. The third-order valence-electron chi connectivity index (χ3n) is 5.35. The number of rotatable bonds is 7. The van der Waals surface area contributed by atoms with Crippen molar-refractivity contribution in [2.24, 2.45) is 0 Å². The lowest BCUT2D eigenvalue weighted by atomic mass is 9.99. The molecule has 33 heavy (non-hydrogen) atoms. The van der Waals surface area contributed by atoms with Gasteiger partial charge in [0.1, 0.15) is 10.8 Å². The number of hydrogen-bond acceptors (Lipinski definition) is 7. The fraction of sp³-hybridized carbons (Fsp3) is 0.200. The Morgan fingerprint density at radius 2 is 2.00 bits per heavy atom. The van der Waals surface area contributed by atoms with E-state index in [1.54, 1.807) is 23.5 Å². The van der Waals surface area contributed by atoms with Crippen LogP contribution in [0.3, 0.4) is 0 Å². The first kappa shape index (κ1) is 21.1. The molecule has 0 radical (unpaired) electrons. The Kier molecular flexibility index (Phi) is 5.75. The van der Waals surface area contributed by atoms with E-state index in [1.807, 2.05) is 43.3 Å². The number of pyridine rings is 1. The van der Waals surface area contributed by atoms with Gasteiger partial charge in [0.2, 0.25) is 6.79 Å². The summed E-state index contributed by atoms with van der Waals surface area (Å²) >= 11 is 1.56. The van der Waals surface area contributed by atoms with E-state index in [2.05, 4.69) is 28.6 Å². The van der Waals surface area contributed by atoms with Crippen LogP contribution in [0.25, 0.3) is 0 Å². The van der Waals surface area contributed by atoms with Crippen LogP contribution in [0.4, 0.5) is 10.8 Å². The van der Waals surface area contributed by atoms with Gasteiger partial charge in [-0.05, 0) is 61.4 Å². The smallest absolute Gasteiger partial charge is 0.291 e. The quantitative estimate of drug-likeness (QED) is 0.362. The number of fused-ring (bicyclic) bond motifs is 1. The van der Waals surface area contributed by atoms with Crippen LogP contribution in [0.15, 0.2) is 65.3 Å². The van der Waals surface area contributed by atoms with E-state index in [0.717, 1.165) is 44.7 Å². The molecule has 8 heteroatoms. The lowest BCUT2D eigenvalue weighted by Gasteiger charge is -2.21. The van der Waals surface area contributed by atoms with Crippen LogP contribution in [0.1, 0.15) is 45.2 Å². The van der Waals surface area contributed by atoms with E-state index >= 15 is 0 Å². The fourth-order valence-electron chi connectivity index (χ4n) is 3.72. The van der Waals surface area contributed by atoms with E-state index in [0.29, 0.717) is 5.75 Å². The molecule has 0 saturated carbocycles. The van der Waals surface area contributed by atoms with Crippen molar-refractivity contribution in [2.75, 3.05) is 17.4 Å². The molecule has 4 aromatic rings. The maximum Gasteiger partial charge on any atom is 0.291 e. The van der Waals surface area contributed by atoms with E-state index in [4.69, 9.17) is 13.9 Å². The molecule has 168 valence electrons. The minimum absolute atomic E-state index is 0.208. The van der Waals surface area contributed by atoms with Gasteiger partial charge in [-0.2, -0.15) is 0 Å². The number of hydrogen-bond donors (Lipinski definition) is 2. The number of benzene rings is 1. The first-order chi connectivity index (χ1) is 16.1. The molecular formula is C25H23N3O4S. The highest BCUT2D eigenvalue weighted by molar-refractivity contribution is 7.16. The normalized spacial score (nSPS) is 13.0. The molecule has 3 aromatic heterocycles. The summed E-state index contributed by atoms with van der Waals surface area (Å²) in [6.07, 6.45) is 2.34. The van der Waals surface area contributed by atoms with Gasteiger partial charge < -0.3 is 24.5 Å². The van der Waals surface area contributed by atoms with Gasteiger partial charge in [0, 0.05) is 16.1 Å². The highest BCUT2D eigenvalue weighted by atomic mass is 32.1. The predicted molar refractivity (Wildman–Crippen MR) is 127 cm³/mol. The van der Waals surface area contributed by atoms with E-state index < -0.39 is 0 Å². The Morgan fingerprint density at radius 1 is 1.12 bits per heavy atom. The van der Waals surface area contributed by atoms with Crippen LogP contribution in [0, 0.1) is 6.92 Å². The fourth-order valence-corrected chi connectivity index (χ4v) is 4.75. The van der Waals surface area contributed by atoms with Crippen molar-refractivity contribution in [3.05, 3.63) is 88.3 Å².